The Morgan fingerprint density at radius 2 is 2.10 bits per heavy atom. The number of aliphatic hydroxyl groups is 1. The molecule has 3 heterocycles. The van der Waals surface area contributed by atoms with Crippen LogP contribution in [0.1, 0.15) is 58.0 Å². The van der Waals surface area contributed by atoms with Crippen LogP contribution in [0.3, 0.4) is 0 Å². The zero-order chi connectivity index (χ0) is 20.5. The zero-order valence-corrected chi connectivity index (χ0v) is 18.6. The second kappa shape index (κ2) is 6.84. The van der Waals surface area contributed by atoms with Gasteiger partial charge in [-0.15, -0.1) is 22.7 Å². The summed E-state index contributed by atoms with van der Waals surface area (Å²) in [5.41, 5.74) is 2.06. The van der Waals surface area contributed by atoms with Gasteiger partial charge in [0.05, 0.1) is 20.8 Å². The van der Waals surface area contributed by atoms with Crippen molar-refractivity contribution in [2.75, 3.05) is 0 Å². The van der Waals surface area contributed by atoms with E-state index in [0.717, 1.165) is 59.3 Å². The Morgan fingerprint density at radius 3 is 2.80 bits per heavy atom. The van der Waals surface area contributed by atoms with Gasteiger partial charge in [-0.25, -0.2) is 9.97 Å². The second-order valence-electron chi connectivity index (χ2n) is 9.52. The third kappa shape index (κ3) is 3.18. The first-order valence-electron chi connectivity index (χ1n) is 10.8. The van der Waals surface area contributed by atoms with Crippen molar-refractivity contribution >= 4 is 38.8 Å². The molecule has 156 valence electrons. The number of nitrogens with one attached hydrogen (secondary N) is 1. The van der Waals surface area contributed by atoms with Crippen LogP contribution >= 0.6 is 22.7 Å². The highest BCUT2D eigenvalue weighted by Gasteiger charge is 2.55. The Labute approximate surface area is 183 Å². The number of fused-ring (bicyclic) bond motifs is 1. The topological polar surface area (TPSA) is 75.1 Å². The molecular weight excluding hydrogens is 414 g/mol. The van der Waals surface area contributed by atoms with Gasteiger partial charge in [-0.3, -0.25) is 4.79 Å². The molecule has 4 aliphatic rings. The molecule has 0 aliphatic heterocycles. The largest absolute Gasteiger partial charge is 0.390 e. The molecule has 4 fully saturated rings. The number of pyridine rings is 1. The smallest absolute Gasteiger partial charge is 0.270 e. The second-order valence-corrected chi connectivity index (χ2v) is 11.8. The van der Waals surface area contributed by atoms with Gasteiger partial charge in [0.1, 0.15) is 5.69 Å². The van der Waals surface area contributed by atoms with Gasteiger partial charge in [-0.2, -0.15) is 0 Å². The summed E-state index contributed by atoms with van der Waals surface area (Å²) in [4.78, 5) is 23.5. The summed E-state index contributed by atoms with van der Waals surface area (Å²) in [6.45, 7) is 2.02. The lowest BCUT2D eigenvalue weighted by molar-refractivity contribution is -0.136. The summed E-state index contributed by atoms with van der Waals surface area (Å²) >= 11 is 3.38. The van der Waals surface area contributed by atoms with Crippen molar-refractivity contribution < 1.29 is 9.90 Å². The van der Waals surface area contributed by atoms with Gasteiger partial charge in [0.2, 0.25) is 0 Å². The Bertz CT molecular complexity index is 1120. The highest BCUT2D eigenvalue weighted by Crippen LogP contribution is 2.55. The number of thiophene rings is 1. The van der Waals surface area contributed by atoms with Crippen molar-refractivity contribution in [2.24, 2.45) is 17.8 Å². The van der Waals surface area contributed by atoms with E-state index in [0.29, 0.717) is 23.4 Å². The fourth-order valence-electron chi connectivity index (χ4n) is 6.39. The molecule has 7 heteroatoms. The monoisotopic (exact) mass is 439 g/mol. The van der Waals surface area contributed by atoms with Gasteiger partial charge in [0.25, 0.3) is 5.91 Å². The molecule has 7 rings (SSSR count). The number of rotatable bonds is 4. The number of carbonyl (C=O) groups is 1. The van der Waals surface area contributed by atoms with E-state index in [4.69, 9.17) is 0 Å². The van der Waals surface area contributed by atoms with Gasteiger partial charge in [0.15, 0.2) is 0 Å². The Balaban J connectivity index is 1.27. The molecule has 5 atom stereocenters. The van der Waals surface area contributed by atoms with E-state index in [1.165, 1.54) is 4.88 Å². The van der Waals surface area contributed by atoms with Gasteiger partial charge >= 0.3 is 0 Å². The first kappa shape index (κ1) is 18.9. The van der Waals surface area contributed by atoms with Crippen LogP contribution in [-0.4, -0.2) is 32.6 Å². The maximum absolute atomic E-state index is 13.2. The molecule has 5 nitrogen and oxygen atoms in total. The van der Waals surface area contributed by atoms with Crippen molar-refractivity contribution in [3.8, 4) is 0 Å². The van der Waals surface area contributed by atoms with E-state index < -0.39 is 5.60 Å². The fraction of sp³-hybridized carbons (Fsp3) is 0.522. The number of nitrogens with zero attached hydrogens (tertiary/aromatic N) is 2. The quantitative estimate of drug-likeness (QED) is 0.635. The third-order valence-electron chi connectivity index (χ3n) is 7.29. The molecule has 3 aromatic heterocycles. The lowest BCUT2D eigenvalue weighted by Crippen LogP contribution is -2.61. The summed E-state index contributed by atoms with van der Waals surface area (Å²) in [5.74, 6) is 1.36. The molecule has 0 spiro atoms. The summed E-state index contributed by atoms with van der Waals surface area (Å²) in [5, 5.41) is 17.2. The molecule has 4 aliphatic carbocycles. The van der Waals surface area contributed by atoms with Crippen LogP contribution in [-0.2, 0) is 6.42 Å². The van der Waals surface area contributed by atoms with Crippen molar-refractivity contribution in [3.05, 3.63) is 44.9 Å². The first-order chi connectivity index (χ1) is 14.5. The van der Waals surface area contributed by atoms with E-state index in [2.05, 4.69) is 15.3 Å². The lowest BCUT2D eigenvalue weighted by Gasteiger charge is -2.58. The predicted molar refractivity (Wildman–Crippen MR) is 119 cm³/mol. The van der Waals surface area contributed by atoms with Crippen LogP contribution in [0, 0.1) is 24.7 Å². The molecule has 1 amide bonds. The van der Waals surface area contributed by atoms with Crippen molar-refractivity contribution in [1.29, 1.82) is 0 Å². The van der Waals surface area contributed by atoms with Crippen molar-refractivity contribution in [1.82, 2.24) is 15.3 Å². The van der Waals surface area contributed by atoms with Gasteiger partial charge < -0.3 is 10.4 Å². The number of aromatic nitrogens is 2. The SMILES string of the molecule is Cc1ncc(Cc2cc(C(=O)NC3C4CC5C[C@H]3CC(O)(C5)C4)nc3ccsc23)s1. The standard InChI is InChI=1S/C23H25N3O2S2/c1-12-24-11-17(30-12)6-14-7-19(25-18-2-3-29-21(14)18)22(27)26-20-15-4-13-5-16(20)10-23(28,8-13)9-15/h2-3,7,11,13,15-16,20,28H,4-6,8-10H2,1H3,(H,26,27)/t13?,15-,16?,20?,23?/m0/s1. The molecular formula is C23H25N3O2S2. The Morgan fingerprint density at radius 1 is 1.30 bits per heavy atom. The van der Waals surface area contributed by atoms with E-state index in [9.17, 15) is 9.90 Å². The third-order valence-corrected chi connectivity index (χ3v) is 9.18. The average molecular weight is 440 g/mol. The lowest BCUT2D eigenvalue weighted by atomic mass is 9.52. The summed E-state index contributed by atoms with van der Waals surface area (Å²) < 4.78 is 1.15. The molecule has 0 radical (unpaired) electrons. The number of amides is 1. The van der Waals surface area contributed by atoms with Gasteiger partial charge in [-0.05, 0) is 79.9 Å². The van der Waals surface area contributed by atoms with Crippen LogP contribution in [0.2, 0.25) is 0 Å². The molecule has 4 unspecified atom stereocenters. The zero-order valence-electron chi connectivity index (χ0n) is 16.9. The number of carbonyl (C=O) groups excluding carboxylic acids is 1. The minimum atomic E-state index is -0.481. The number of thiazole rings is 1. The first-order valence-corrected chi connectivity index (χ1v) is 12.5. The normalized spacial score (nSPS) is 32.1. The maximum atomic E-state index is 13.2. The van der Waals surface area contributed by atoms with Crippen LogP contribution in [0.4, 0.5) is 0 Å². The number of hydrogen-bond acceptors (Lipinski definition) is 6. The summed E-state index contributed by atoms with van der Waals surface area (Å²) in [6.07, 6.45) is 7.59. The van der Waals surface area contributed by atoms with Crippen molar-refractivity contribution in [3.63, 3.8) is 0 Å². The summed E-state index contributed by atoms with van der Waals surface area (Å²) in [7, 11) is 0. The van der Waals surface area contributed by atoms with E-state index in [1.807, 2.05) is 30.6 Å². The Hall–Kier alpha value is -1.83. The van der Waals surface area contributed by atoms with E-state index in [-0.39, 0.29) is 11.9 Å². The molecule has 2 N–H and O–H groups in total. The highest BCUT2D eigenvalue weighted by molar-refractivity contribution is 7.17. The molecule has 30 heavy (non-hydrogen) atoms. The minimum absolute atomic E-state index is 0.0747. The van der Waals surface area contributed by atoms with Crippen LogP contribution in [0.15, 0.2) is 23.7 Å². The van der Waals surface area contributed by atoms with Crippen molar-refractivity contribution in [2.45, 2.75) is 57.1 Å². The minimum Gasteiger partial charge on any atom is -0.390 e. The molecule has 3 aromatic rings. The summed E-state index contributed by atoms with van der Waals surface area (Å²) in [6, 6.07) is 4.13. The van der Waals surface area contributed by atoms with Crippen LogP contribution < -0.4 is 5.32 Å². The van der Waals surface area contributed by atoms with Crippen LogP contribution in [0.5, 0.6) is 0 Å². The average Bonchev–Trinajstić information content (AvgIpc) is 3.32. The van der Waals surface area contributed by atoms with Crippen LogP contribution in [0.25, 0.3) is 10.2 Å². The maximum Gasteiger partial charge on any atom is 0.270 e. The number of hydrogen-bond donors (Lipinski definition) is 2. The Kier molecular flexibility index (Phi) is 4.31. The molecule has 4 bridgehead atoms. The van der Waals surface area contributed by atoms with Gasteiger partial charge in [0, 0.05) is 23.5 Å². The predicted octanol–water partition coefficient (Wildman–Crippen LogP) is 4.32. The van der Waals surface area contributed by atoms with Gasteiger partial charge in [-0.1, -0.05) is 0 Å². The molecule has 0 aromatic carbocycles. The van der Waals surface area contributed by atoms with E-state index in [1.54, 1.807) is 22.7 Å². The number of aryl methyl sites for hydroxylation is 1. The highest BCUT2D eigenvalue weighted by atomic mass is 32.1. The molecule has 4 saturated carbocycles. The fourth-order valence-corrected chi connectivity index (χ4v) is 8.06. The molecule has 0 saturated heterocycles. The van der Waals surface area contributed by atoms with E-state index >= 15 is 0 Å².